The zero-order valence-electron chi connectivity index (χ0n) is 32.6. The summed E-state index contributed by atoms with van der Waals surface area (Å²) in [5, 5.41) is 0. The number of rotatable bonds is 8. The molecule has 2 aliphatic heterocycles. The van der Waals surface area contributed by atoms with Crippen LogP contribution in [-0.4, -0.2) is 48.4 Å². The van der Waals surface area contributed by atoms with Gasteiger partial charge < -0.3 is 28.9 Å². The number of H-pyrrole nitrogens is 2. The van der Waals surface area contributed by atoms with Gasteiger partial charge in [0.25, 0.3) is 0 Å². The highest BCUT2D eigenvalue weighted by atomic mass is 79.9. The van der Waals surface area contributed by atoms with Gasteiger partial charge >= 0.3 is 0 Å². The number of halogens is 4. The van der Waals surface area contributed by atoms with Gasteiger partial charge in [0, 0.05) is 85.5 Å². The first-order chi connectivity index (χ1) is 29.2. The van der Waals surface area contributed by atoms with Gasteiger partial charge in [-0.25, -0.2) is 9.97 Å². The van der Waals surface area contributed by atoms with Crippen LogP contribution in [0.4, 0.5) is 0 Å². The summed E-state index contributed by atoms with van der Waals surface area (Å²) in [5.41, 5.74) is 13.5. The Bertz CT molecular complexity index is 2820. The van der Waals surface area contributed by atoms with Crippen molar-refractivity contribution in [1.82, 2.24) is 19.9 Å². The molecule has 298 valence electrons. The molecule has 0 spiro atoms. The molecule has 0 amide bonds. The van der Waals surface area contributed by atoms with Crippen molar-refractivity contribution in [1.29, 1.82) is 0 Å². The molecule has 3 aromatic heterocycles. The Morgan fingerprint density at radius 1 is 0.367 bits per heavy atom. The normalized spacial score (nSPS) is 11.9. The highest BCUT2D eigenvalue weighted by molar-refractivity contribution is 9.11. The average Bonchev–Trinajstić information content (AvgIpc) is 4.10. The Balaban J connectivity index is 1.51. The summed E-state index contributed by atoms with van der Waals surface area (Å²) in [6.45, 7) is 0. The van der Waals surface area contributed by atoms with Gasteiger partial charge in [-0.05, 0) is 108 Å². The van der Waals surface area contributed by atoms with E-state index in [2.05, 4.69) is 122 Å². The molecule has 9 rings (SSSR count). The third-order valence-corrected chi connectivity index (χ3v) is 13.1. The van der Waals surface area contributed by atoms with Crippen LogP contribution in [0.25, 0.3) is 90.9 Å². The van der Waals surface area contributed by atoms with E-state index in [1.54, 1.807) is 28.4 Å². The minimum absolute atomic E-state index is 0.657. The van der Waals surface area contributed by atoms with Gasteiger partial charge in [-0.15, -0.1) is 0 Å². The first kappa shape index (κ1) is 40.0. The van der Waals surface area contributed by atoms with Crippen molar-refractivity contribution >= 4 is 110 Å². The topological polar surface area (TPSA) is 94.3 Å². The van der Waals surface area contributed by atoms with E-state index in [-0.39, 0.29) is 0 Å². The predicted molar refractivity (Wildman–Crippen MR) is 258 cm³/mol. The van der Waals surface area contributed by atoms with E-state index in [9.17, 15) is 0 Å². The van der Waals surface area contributed by atoms with Crippen LogP contribution in [0.15, 0.2) is 115 Å². The van der Waals surface area contributed by atoms with Crippen molar-refractivity contribution in [3.05, 3.63) is 138 Å². The zero-order valence-corrected chi connectivity index (χ0v) is 38.9. The molecule has 0 unspecified atom stereocenters. The zero-order chi connectivity index (χ0) is 41.7. The van der Waals surface area contributed by atoms with Crippen molar-refractivity contribution in [2.45, 2.75) is 0 Å². The SMILES string of the molecule is COc1cc(OC)cc(-c2c3nc(c(-c4c(Br)cccc4Br)c4ccc([nH]4)c(-c4cc(OC)cc(OC)c4)c4nc(c(-c5c(Br)cccc5Br)c5ccc2[nH]5)C=C4)C=C3)c1. The summed E-state index contributed by atoms with van der Waals surface area (Å²) in [4.78, 5) is 18.5. The second-order valence-electron chi connectivity index (χ2n) is 13.9. The molecule has 0 atom stereocenters. The van der Waals surface area contributed by atoms with Gasteiger partial charge in [0.1, 0.15) is 23.0 Å². The van der Waals surface area contributed by atoms with Gasteiger partial charge in [-0.1, -0.05) is 75.9 Å². The molecular weight excluding hydrogens is 1020 g/mol. The second kappa shape index (κ2) is 16.6. The van der Waals surface area contributed by atoms with Gasteiger partial charge in [-0.2, -0.15) is 0 Å². The number of aromatic amines is 2. The first-order valence-electron chi connectivity index (χ1n) is 18.7. The fourth-order valence-corrected chi connectivity index (χ4v) is 10.5. The molecule has 12 heteroatoms. The maximum absolute atomic E-state index is 5.77. The molecule has 4 aromatic carbocycles. The monoisotopic (exact) mass is 1050 g/mol. The lowest BCUT2D eigenvalue weighted by Crippen LogP contribution is -1.93. The van der Waals surface area contributed by atoms with Crippen molar-refractivity contribution < 1.29 is 18.9 Å². The Morgan fingerprint density at radius 2 is 0.650 bits per heavy atom. The maximum atomic E-state index is 5.77. The van der Waals surface area contributed by atoms with Crippen LogP contribution >= 0.6 is 63.7 Å². The van der Waals surface area contributed by atoms with E-state index < -0.39 is 0 Å². The van der Waals surface area contributed by atoms with Gasteiger partial charge in [0.15, 0.2) is 0 Å². The van der Waals surface area contributed by atoms with Gasteiger partial charge in [-0.3, -0.25) is 0 Å². The summed E-state index contributed by atoms with van der Waals surface area (Å²) in [6, 6.07) is 32.2. The lowest BCUT2D eigenvalue weighted by molar-refractivity contribution is 0.394. The summed E-state index contributed by atoms with van der Waals surface area (Å²) in [7, 11) is 6.61. The Labute approximate surface area is 379 Å². The lowest BCUT2D eigenvalue weighted by atomic mass is 10.0. The molecule has 60 heavy (non-hydrogen) atoms. The Hall–Kier alpha value is -5.40. The number of fused-ring (bicyclic) bond motifs is 8. The molecular formula is C48H34Br4N4O4. The quantitative estimate of drug-likeness (QED) is 0.157. The van der Waals surface area contributed by atoms with Crippen molar-refractivity contribution in [2.75, 3.05) is 28.4 Å². The number of hydrogen-bond donors (Lipinski definition) is 2. The van der Waals surface area contributed by atoms with Crippen LogP contribution in [0, 0.1) is 0 Å². The molecule has 8 bridgehead atoms. The molecule has 2 N–H and O–H groups in total. The van der Waals surface area contributed by atoms with Crippen LogP contribution in [0.1, 0.15) is 22.8 Å². The van der Waals surface area contributed by atoms with E-state index in [0.717, 1.165) is 107 Å². The molecule has 0 saturated carbocycles. The van der Waals surface area contributed by atoms with Gasteiger partial charge in [0.05, 0.1) is 51.2 Å². The predicted octanol–water partition coefficient (Wildman–Crippen LogP) is 14.4. The van der Waals surface area contributed by atoms with Crippen molar-refractivity contribution in [3.63, 3.8) is 0 Å². The fourth-order valence-electron chi connectivity index (χ4n) is 7.72. The third kappa shape index (κ3) is 7.29. The van der Waals surface area contributed by atoms with Crippen molar-refractivity contribution in [3.8, 4) is 67.5 Å². The number of nitrogens with zero attached hydrogens (tertiary/aromatic N) is 2. The lowest BCUT2D eigenvalue weighted by Gasteiger charge is -2.11. The largest absolute Gasteiger partial charge is 0.497 e. The Kier molecular flexibility index (Phi) is 11.1. The second-order valence-corrected chi connectivity index (χ2v) is 17.3. The molecule has 7 aromatic rings. The van der Waals surface area contributed by atoms with Crippen LogP contribution in [0.2, 0.25) is 0 Å². The molecule has 5 heterocycles. The molecule has 2 aliphatic rings. The highest BCUT2D eigenvalue weighted by Gasteiger charge is 2.23. The van der Waals surface area contributed by atoms with Crippen LogP contribution in [0.5, 0.6) is 23.0 Å². The smallest absolute Gasteiger partial charge is 0.123 e. The van der Waals surface area contributed by atoms with E-state index in [4.69, 9.17) is 28.9 Å². The number of benzene rings is 4. The Morgan fingerprint density at radius 3 is 0.950 bits per heavy atom. The number of nitrogens with one attached hydrogen (secondary N) is 2. The summed E-state index contributed by atoms with van der Waals surface area (Å²) < 4.78 is 26.7. The fraction of sp³-hybridized carbons (Fsp3) is 0.0833. The van der Waals surface area contributed by atoms with E-state index >= 15 is 0 Å². The van der Waals surface area contributed by atoms with Crippen LogP contribution in [0.3, 0.4) is 0 Å². The maximum Gasteiger partial charge on any atom is 0.123 e. The highest BCUT2D eigenvalue weighted by Crippen LogP contribution is 2.45. The molecule has 0 fully saturated rings. The minimum atomic E-state index is 0.657. The molecule has 0 aliphatic carbocycles. The first-order valence-corrected chi connectivity index (χ1v) is 21.9. The summed E-state index contributed by atoms with van der Waals surface area (Å²) in [5.74, 6) is 2.63. The minimum Gasteiger partial charge on any atom is -0.497 e. The van der Waals surface area contributed by atoms with E-state index in [0.29, 0.717) is 23.0 Å². The molecule has 8 nitrogen and oxygen atoms in total. The molecule has 0 saturated heterocycles. The third-order valence-electron chi connectivity index (χ3n) is 10.5. The van der Waals surface area contributed by atoms with Crippen LogP contribution < -0.4 is 18.9 Å². The van der Waals surface area contributed by atoms with E-state index in [1.165, 1.54) is 0 Å². The van der Waals surface area contributed by atoms with Gasteiger partial charge in [0.2, 0.25) is 0 Å². The number of ether oxygens (including phenoxy) is 4. The average molecular weight is 1050 g/mol. The summed E-state index contributed by atoms with van der Waals surface area (Å²) in [6.07, 6.45) is 8.25. The summed E-state index contributed by atoms with van der Waals surface area (Å²) >= 11 is 15.5. The number of hydrogen-bond acceptors (Lipinski definition) is 6. The molecule has 0 radical (unpaired) electrons. The van der Waals surface area contributed by atoms with E-state index in [1.807, 2.05) is 72.8 Å². The van der Waals surface area contributed by atoms with Crippen LogP contribution in [-0.2, 0) is 0 Å². The number of aromatic nitrogens is 4. The standard InChI is InChI=1S/C48H34Br4N4O4/c1-57-27-19-25(20-28(23-27)58-2)43-35-11-15-39(53-35)47(45-31(49)7-5-8-32(45)50)41-17-13-37(55-41)44(26-21-29(59-3)24-30(22-26)60-4)38-14-18-42(56-38)48(40-16-12-36(43)54-40)46-33(51)9-6-10-34(46)52/h5-24,53,56H,1-4H3. The number of methoxy groups -OCH3 is 4. The van der Waals surface area contributed by atoms with Crippen molar-refractivity contribution in [2.24, 2.45) is 0 Å².